The van der Waals surface area contributed by atoms with Crippen LogP contribution in [0.1, 0.15) is 85.0 Å². The highest BCUT2D eigenvalue weighted by Crippen LogP contribution is 2.69. The molecule has 4 aliphatic carbocycles. The van der Waals surface area contributed by atoms with Crippen LogP contribution in [-0.2, 0) is 42.8 Å². The molecule has 0 aromatic heterocycles. The molecule has 0 amide bonds. The monoisotopic (exact) mass is 701 g/mol. The smallest absolute Gasteiger partial charge is 0.432 e. The number of hydrogen-bond acceptors (Lipinski definition) is 11. The summed E-state index contributed by atoms with van der Waals surface area (Å²) in [5.41, 5.74) is -0.770. The molecule has 12 atom stereocenters. The fraction of sp³-hybridized carbons (Fsp3) is 0.871. The molecule has 4 aliphatic rings. The second-order valence-corrected chi connectivity index (χ2v) is 15.1. The van der Waals surface area contributed by atoms with Gasteiger partial charge in [0.05, 0.1) is 0 Å². The Kier molecular flexibility index (Phi) is 11.9. The number of fused-ring (bicyclic) bond motifs is 5. The molecule has 0 spiro atoms. The van der Waals surface area contributed by atoms with Crippen molar-refractivity contribution < 1.29 is 70.0 Å². The standard InChI is InChI=1S/C31H43F5O10S/c1-17(4-7-25(40)44-27(30(32,33)34)31(35,36)47-46-45-41)20-5-6-21-26-22(14-24(43-16-39)29(20,21)3)28(2)10-8-18(9-11-37)12-19(28)13-23(26)42-15-38/h11,15-24,26-27,41H,4-10,12-14H2,1-3H3/p-1/t17?,18-,19-,20+,21-,22-,23+,24-,26-,27?,28-,29+/m0/s1. The van der Waals surface area contributed by atoms with Crippen LogP contribution in [0.2, 0.25) is 0 Å². The molecule has 0 heterocycles. The first-order chi connectivity index (χ1) is 22.1. The molecule has 10 nitrogen and oxygen atoms in total. The minimum Gasteiger partial charge on any atom is -0.691 e. The van der Waals surface area contributed by atoms with E-state index in [0.29, 0.717) is 45.0 Å². The molecule has 16 heteroatoms. The van der Waals surface area contributed by atoms with Crippen LogP contribution in [0.5, 0.6) is 0 Å². The minimum atomic E-state index is -5.67. The Labute approximate surface area is 274 Å². The predicted octanol–water partition coefficient (Wildman–Crippen LogP) is 5.51. The quantitative estimate of drug-likeness (QED) is 0.0407. The van der Waals surface area contributed by atoms with E-state index >= 15 is 0 Å². The molecule has 0 aliphatic heterocycles. The molecule has 4 rings (SSSR count). The third kappa shape index (κ3) is 7.45. The van der Waals surface area contributed by atoms with E-state index in [1.54, 1.807) is 0 Å². The van der Waals surface area contributed by atoms with Crippen molar-refractivity contribution in [2.75, 3.05) is 0 Å². The van der Waals surface area contributed by atoms with Crippen molar-refractivity contribution in [3.05, 3.63) is 0 Å². The van der Waals surface area contributed by atoms with Crippen molar-refractivity contribution in [2.24, 2.45) is 52.3 Å². The van der Waals surface area contributed by atoms with Gasteiger partial charge in [-0.3, -0.25) is 19.4 Å². The zero-order chi connectivity index (χ0) is 34.8. The van der Waals surface area contributed by atoms with Gasteiger partial charge in [0.25, 0.3) is 19.0 Å². The van der Waals surface area contributed by atoms with Crippen molar-refractivity contribution in [1.29, 1.82) is 0 Å². The predicted molar refractivity (Wildman–Crippen MR) is 151 cm³/mol. The molecule has 4 saturated carbocycles. The van der Waals surface area contributed by atoms with E-state index < -0.39 is 53.5 Å². The molecule has 47 heavy (non-hydrogen) atoms. The Bertz CT molecular complexity index is 1130. The second-order valence-electron chi connectivity index (χ2n) is 14.3. The fourth-order valence-electron chi connectivity index (χ4n) is 10.2. The lowest BCUT2D eigenvalue weighted by Gasteiger charge is -2.64. The molecule has 0 radical (unpaired) electrons. The Morgan fingerprint density at radius 2 is 1.70 bits per heavy atom. The van der Waals surface area contributed by atoms with Crippen LogP contribution in [0.15, 0.2) is 0 Å². The molecular weight excluding hydrogens is 659 g/mol. The van der Waals surface area contributed by atoms with Crippen molar-refractivity contribution >= 4 is 37.2 Å². The number of halogens is 5. The topological polar surface area (TPSA) is 137 Å². The number of alkyl halides is 5. The molecule has 0 bridgehead atoms. The first-order valence-corrected chi connectivity index (χ1v) is 16.7. The van der Waals surface area contributed by atoms with Crippen LogP contribution in [0.25, 0.3) is 0 Å². The Balaban J connectivity index is 1.53. The summed E-state index contributed by atoms with van der Waals surface area (Å²) in [6.07, 6.45) is -4.51. The summed E-state index contributed by atoms with van der Waals surface area (Å²) in [5.74, 6) is -1.57. The van der Waals surface area contributed by atoms with E-state index in [1.807, 2.05) is 13.8 Å². The van der Waals surface area contributed by atoms with E-state index in [9.17, 15) is 46.4 Å². The first-order valence-electron chi connectivity index (χ1n) is 16.0. The molecule has 2 unspecified atom stereocenters. The Morgan fingerprint density at radius 1 is 1.00 bits per heavy atom. The summed E-state index contributed by atoms with van der Waals surface area (Å²) in [7, 11) is 0. The largest absolute Gasteiger partial charge is 0.691 e. The lowest BCUT2D eigenvalue weighted by atomic mass is 9.42. The summed E-state index contributed by atoms with van der Waals surface area (Å²) in [6, 6.07) is 0. The van der Waals surface area contributed by atoms with Crippen LogP contribution < -0.4 is 5.26 Å². The molecule has 0 N–H and O–H groups in total. The highest BCUT2D eigenvalue weighted by molar-refractivity contribution is 7.95. The highest BCUT2D eigenvalue weighted by atomic mass is 32.2. The fourth-order valence-corrected chi connectivity index (χ4v) is 10.6. The van der Waals surface area contributed by atoms with E-state index in [-0.39, 0.29) is 59.4 Å². The van der Waals surface area contributed by atoms with Gasteiger partial charge in [0.15, 0.2) is 0 Å². The lowest BCUT2D eigenvalue weighted by Crippen LogP contribution is -2.63. The molecule has 0 saturated heterocycles. The van der Waals surface area contributed by atoms with Gasteiger partial charge in [0, 0.05) is 24.2 Å². The molecule has 0 aromatic rings. The van der Waals surface area contributed by atoms with Crippen molar-refractivity contribution in [3.8, 4) is 0 Å². The van der Waals surface area contributed by atoms with Crippen molar-refractivity contribution in [2.45, 2.75) is 115 Å². The first kappa shape index (κ1) is 37.8. The maximum absolute atomic E-state index is 14.1. The van der Waals surface area contributed by atoms with Gasteiger partial charge in [-0.1, -0.05) is 20.8 Å². The molecular formula is C31H42F5O10S-. The van der Waals surface area contributed by atoms with Gasteiger partial charge < -0.3 is 24.3 Å². The van der Waals surface area contributed by atoms with Gasteiger partial charge in [-0.25, -0.2) is 0 Å². The zero-order valence-electron chi connectivity index (χ0n) is 26.5. The van der Waals surface area contributed by atoms with E-state index in [4.69, 9.17) is 9.47 Å². The summed E-state index contributed by atoms with van der Waals surface area (Å²) in [4.78, 5) is 47.3. The maximum atomic E-state index is 14.1. The van der Waals surface area contributed by atoms with Gasteiger partial charge in [-0.15, -0.1) is 0 Å². The van der Waals surface area contributed by atoms with Crippen molar-refractivity contribution in [1.82, 2.24) is 0 Å². The number of esters is 1. The van der Waals surface area contributed by atoms with Gasteiger partial charge in [0.1, 0.15) is 30.5 Å². The SMILES string of the molecule is CC(CCC(=O)OC(C(F)(F)F)C(F)(F)SOO[O-])[C@H]1CC[C@H]2[C@@H]3[C@H](OC=O)C[C@@H]4C[C@H](CC=O)CC[C@]4(C)[C@H]3C[C@H](OC=O)[C@]12C. The van der Waals surface area contributed by atoms with Crippen LogP contribution in [0.3, 0.4) is 0 Å². The van der Waals surface area contributed by atoms with E-state index in [2.05, 4.69) is 21.0 Å². The van der Waals surface area contributed by atoms with Crippen LogP contribution in [0.4, 0.5) is 22.0 Å². The average Bonchev–Trinajstić information content (AvgIpc) is 3.36. The maximum Gasteiger partial charge on any atom is 0.432 e. The van der Waals surface area contributed by atoms with Gasteiger partial charge in [-0.05, 0) is 92.3 Å². The Morgan fingerprint density at radius 3 is 2.32 bits per heavy atom. The number of hydrogen-bond donors (Lipinski definition) is 0. The zero-order valence-corrected chi connectivity index (χ0v) is 27.3. The summed E-state index contributed by atoms with van der Waals surface area (Å²) in [6.45, 7) is 6.97. The summed E-state index contributed by atoms with van der Waals surface area (Å²) in [5, 5.41) is 7.73. The lowest BCUT2D eigenvalue weighted by molar-refractivity contribution is -0.777. The van der Waals surface area contributed by atoms with Crippen LogP contribution >= 0.6 is 12.0 Å². The third-order valence-electron chi connectivity index (χ3n) is 12.3. The summed E-state index contributed by atoms with van der Waals surface area (Å²) >= 11 is -1.22. The molecule has 0 aromatic carbocycles. The second kappa shape index (κ2) is 14.8. The number of aldehydes is 1. The Hall–Kier alpha value is -2.04. The average molecular weight is 702 g/mol. The van der Waals surface area contributed by atoms with Gasteiger partial charge in [-0.2, -0.15) is 26.3 Å². The van der Waals surface area contributed by atoms with Crippen LogP contribution in [0, 0.1) is 52.3 Å². The number of carbonyl (C=O) groups is 4. The summed E-state index contributed by atoms with van der Waals surface area (Å²) < 4.78 is 87.4. The third-order valence-corrected chi connectivity index (χ3v) is 12.9. The number of ether oxygens (including phenoxy) is 3. The number of carbonyl (C=O) groups excluding carboxylic acids is 4. The molecule has 4 fully saturated rings. The van der Waals surface area contributed by atoms with E-state index in [1.165, 1.54) is 0 Å². The normalized spacial score (nSPS) is 38.1. The number of rotatable bonds is 15. The highest BCUT2D eigenvalue weighted by Gasteiger charge is 2.67. The molecule has 268 valence electrons. The van der Waals surface area contributed by atoms with Gasteiger partial charge in [0.2, 0.25) is 0 Å². The van der Waals surface area contributed by atoms with Crippen LogP contribution in [-0.4, -0.2) is 54.9 Å². The van der Waals surface area contributed by atoms with Crippen molar-refractivity contribution in [3.63, 3.8) is 0 Å². The van der Waals surface area contributed by atoms with E-state index in [0.717, 1.165) is 25.5 Å². The van der Waals surface area contributed by atoms with Gasteiger partial charge >= 0.3 is 17.4 Å². The minimum absolute atomic E-state index is 0.00333.